The van der Waals surface area contributed by atoms with E-state index in [1.54, 1.807) is 31.3 Å². The summed E-state index contributed by atoms with van der Waals surface area (Å²) in [6.45, 7) is 0.187. The van der Waals surface area contributed by atoms with Gasteiger partial charge in [-0.3, -0.25) is 9.59 Å². The number of hydrogen-bond donors (Lipinski definition) is 2. The molecule has 2 amide bonds. The zero-order valence-corrected chi connectivity index (χ0v) is 12.0. The van der Waals surface area contributed by atoms with Crippen molar-refractivity contribution in [2.24, 2.45) is 5.73 Å². The molecule has 0 aliphatic rings. The fourth-order valence-corrected chi connectivity index (χ4v) is 1.85. The van der Waals surface area contributed by atoms with Gasteiger partial charge < -0.3 is 20.4 Å². The molecule has 2 rings (SSSR count). The van der Waals surface area contributed by atoms with Crippen molar-refractivity contribution in [3.8, 4) is 18.1 Å². The molecule has 1 heterocycles. The molecule has 3 N–H and O–H groups in total. The summed E-state index contributed by atoms with van der Waals surface area (Å²) in [5.41, 5.74) is 6.37. The second-order valence-corrected chi connectivity index (χ2v) is 4.52. The zero-order valence-electron chi connectivity index (χ0n) is 12.0. The average molecular weight is 297 g/mol. The molecule has 2 aromatic rings. The lowest BCUT2D eigenvalue weighted by molar-refractivity contribution is 0.0987. The van der Waals surface area contributed by atoms with Gasteiger partial charge in [-0.25, -0.2) is 0 Å². The Labute approximate surface area is 127 Å². The van der Waals surface area contributed by atoms with Gasteiger partial charge >= 0.3 is 0 Å². The Bertz CT molecular complexity index is 726. The number of primary amides is 1. The summed E-state index contributed by atoms with van der Waals surface area (Å²) in [4.78, 5) is 27.6. The summed E-state index contributed by atoms with van der Waals surface area (Å²) in [6.07, 6.45) is 6.52. The van der Waals surface area contributed by atoms with Gasteiger partial charge in [0.15, 0.2) is 0 Å². The van der Waals surface area contributed by atoms with Crippen molar-refractivity contribution in [2.75, 3.05) is 18.6 Å². The topological polar surface area (TPSA) is 88.4 Å². The number of aromatic amines is 1. The van der Waals surface area contributed by atoms with E-state index < -0.39 is 5.91 Å². The Morgan fingerprint density at radius 2 is 2.05 bits per heavy atom. The van der Waals surface area contributed by atoms with Gasteiger partial charge in [0.1, 0.15) is 18.1 Å². The number of benzene rings is 1. The number of carbonyl (C=O) groups is 2. The molecule has 0 bridgehead atoms. The van der Waals surface area contributed by atoms with E-state index in [1.165, 1.54) is 17.2 Å². The highest BCUT2D eigenvalue weighted by atomic mass is 16.5. The van der Waals surface area contributed by atoms with Gasteiger partial charge in [-0.1, -0.05) is 5.92 Å². The van der Waals surface area contributed by atoms with Crippen LogP contribution in [-0.2, 0) is 0 Å². The van der Waals surface area contributed by atoms with Crippen molar-refractivity contribution >= 4 is 17.5 Å². The highest BCUT2D eigenvalue weighted by Crippen LogP contribution is 2.20. The first kappa shape index (κ1) is 15.2. The largest absolute Gasteiger partial charge is 0.481 e. The van der Waals surface area contributed by atoms with E-state index in [0.717, 1.165) is 0 Å². The summed E-state index contributed by atoms with van der Waals surface area (Å²) in [7, 11) is 1.63. The van der Waals surface area contributed by atoms with Gasteiger partial charge in [-0.15, -0.1) is 6.42 Å². The highest BCUT2D eigenvalue weighted by molar-refractivity contribution is 6.06. The van der Waals surface area contributed by atoms with Crippen molar-refractivity contribution in [3.63, 3.8) is 0 Å². The first-order chi connectivity index (χ1) is 10.5. The molecule has 0 radical (unpaired) electrons. The van der Waals surface area contributed by atoms with Crippen LogP contribution in [0.15, 0.2) is 36.5 Å². The quantitative estimate of drug-likeness (QED) is 0.818. The van der Waals surface area contributed by atoms with E-state index in [1.807, 2.05) is 0 Å². The number of ether oxygens (including phenoxy) is 1. The van der Waals surface area contributed by atoms with E-state index in [-0.39, 0.29) is 23.8 Å². The number of carbonyl (C=O) groups excluding carboxylic acids is 2. The maximum atomic E-state index is 12.3. The minimum atomic E-state index is -0.590. The lowest BCUT2D eigenvalue weighted by atomic mass is 10.2. The third kappa shape index (κ3) is 3.27. The molecule has 0 saturated carbocycles. The minimum absolute atomic E-state index is 0.187. The number of anilines is 1. The fraction of sp³-hybridized carbons (Fsp3) is 0.125. The summed E-state index contributed by atoms with van der Waals surface area (Å²) in [5, 5.41) is 0. The number of hydrogen-bond acceptors (Lipinski definition) is 3. The first-order valence-corrected chi connectivity index (χ1v) is 6.45. The molecule has 1 aromatic carbocycles. The minimum Gasteiger partial charge on any atom is -0.481 e. The molecule has 0 saturated heterocycles. The van der Waals surface area contributed by atoms with Crippen LogP contribution in [0.2, 0.25) is 0 Å². The molecular weight excluding hydrogens is 282 g/mol. The molecule has 0 atom stereocenters. The van der Waals surface area contributed by atoms with E-state index in [2.05, 4.69) is 10.9 Å². The number of aromatic nitrogens is 1. The number of rotatable bonds is 5. The second-order valence-electron chi connectivity index (χ2n) is 4.52. The van der Waals surface area contributed by atoms with Crippen LogP contribution in [0.1, 0.15) is 20.8 Å². The van der Waals surface area contributed by atoms with E-state index in [9.17, 15) is 9.59 Å². The van der Waals surface area contributed by atoms with Crippen molar-refractivity contribution in [3.05, 3.63) is 47.8 Å². The predicted octanol–water partition coefficient (Wildman–Crippen LogP) is 1.40. The maximum Gasteiger partial charge on any atom is 0.274 e. The van der Waals surface area contributed by atoms with Crippen LogP contribution in [0.4, 0.5) is 5.69 Å². The van der Waals surface area contributed by atoms with Gasteiger partial charge in [-0.05, 0) is 30.3 Å². The lowest BCUT2D eigenvalue weighted by Gasteiger charge is -2.16. The van der Waals surface area contributed by atoms with E-state index in [0.29, 0.717) is 11.4 Å². The number of nitrogens with zero attached hydrogens (tertiary/aromatic N) is 1. The molecule has 0 aliphatic heterocycles. The van der Waals surface area contributed by atoms with Crippen molar-refractivity contribution < 1.29 is 14.3 Å². The molecule has 0 fully saturated rings. The predicted molar refractivity (Wildman–Crippen MR) is 82.8 cm³/mol. The molecule has 0 aliphatic carbocycles. The molecule has 112 valence electrons. The smallest absolute Gasteiger partial charge is 0.274 e. The summed E-state index contributed by atoms with van der Waals surface area (Å²) < 4.78 is 5.27. The molecule has 1 aromatic heterocycles. The third-order valence-corrected chi connectivity index (χ3v) is 3.05. The van der Waals surface area contributed by atoms with Crippen LogP contribution >= 0.6 is 0 Å². The number of terminal acetylenes is 1. The third-order valence-electron chi connectivity index (χ3n) is 3.05. The van der Waals surface area contributed by atoms with Gasteiger partial charge in [0.25, 0.3) is 5.91 Å². The molecular formula is C16H15N3O3. The molecule has 0 unspecified atom stereocenters. The first-order valence-electron chi connectivity index (χ1n) is 6.45. The fourth-order valence-electron chi connectivity index (χ4n) is 1.85. The maximum absolute atomic E-state index is 12.3. The average Bonchev–Trinajstić information content (AvgIpc) is 3.02. The lowest BCUT2D eigenvalue weighted by Crippen LogP contribution is -2.26. The van der Waals surface area contributed by atoms with Crippen molar-refractivity contribution in [1.29, 1.82) is 0 Å². The van der Waals surface area contributed by atoms with Crippen LogP contribution in [-0.4, -0.2) is 30.5 Å². The Morgan fingerprint density at radius 1 is 1.36 bits per heavy atom. The molecule has 22 heavy (non-hydrogen) atoms. The zero-order chi connectivity index (χ0) is 16.1. The monoisotopic (exact) mass is 297 g/mol. The standard InChI is InChI=1S/C16H15N3O3/c1-3-8-22-13-6-4-12(5-7-13)19(2)16(21)14-9-11(10-18-14)15(17)20/h1,4-7,9-10,18H,8H2,2H3,(H2,17,20). The Balaban J connectivity index is 2.12. The molecule has 6 nitrogen and oxygen atoms in total. The number of H-pyrrole nitrogens is 1. The van der Waals surface area contributed by atoms with E-state index in [4.69, 9.17) is 16.9 Å². The second kappa shape index (κ2) is 6.50. The summed E-state index contributed by atoms with van der Waals surface area (Å²) >= 11 is 0. The SMILES string of the molecule is C#CCOc1ccc(N(C)C(=O)c2cc(C(N)=O)c[nH]2)cc1. The summed E-state index contributed by atoms with van der Waals surface area (Å²) in [5.74, 6) is 2.12. The molecule has 0 spiro atoms. The number of nitrogens with two attached hydrogens (primary N) is 1. The van der Waals surface area contributed by atoms with Crippen molar-refractivity contribution in [2.45, 2.75) is 0 Å². The van der Waals surface area contributed by atoms with Gasteiger partial charge in [0, 0.05) is 18.9 Å². The number of amides is 2. The normalized spacial score (nSPS) is 9.82. The van der Waals surface area contributed by atoms with Crippen molar-refractivity contribution in [1.82, 2.24) is 4.98 Å². The van der Waals surface area contributed by atoms with Gasteiger partial charge in [0.05, 0.1) is 5.56 Å². The molecule has 6 heteroatoms. The van der Waals surface area contributed by atoms with Crippen LogP contribution < -0.4 is 15.4 Å². The van der Waals surface area contributed by atoms with Crippen LogP contribution in [0.25, 0.3) is 0 Å². The van der Waals surface area contributed by atoms with E-state index >= 15 is 0 Å². The highest BCUT2D eigenvalue weighted by Gasteiger charge is 2.16. The van der Waals surface area contributed by atoms with Crippen LogP contribution in [0.3, 0.4) is 0 Å². The van der Waals surface area contributed by atoms with Crippen LogP contribution in [0.5, 0.6) is 5.75 Å². The van der Waals surface area contributed by atoms with Gasteiger partial charge in [-0.2, -0.15) is 0 Å². The Kier molecular flexibility index (Phi) is 4.49. The number of nitrogens with one attached hydrogen (secondary N) is 1. The Hall–Kier alpha value is -3.20. The van der Waals surface area contributed by atoms with Crippen LogP contribution in [0, 0.1) is 12.3 Å². The van der Waals surface area contributed by atoms with Gasteiger partial charge in [0.2, 0.25) is 5.91 Å². The Morgan fingerprint density at radius 3 is 2.59 bits per heavy atom. The summed E-state index contributed by atoms with van der Waals surface area (Å²) in [6, 6.07) is 8.34.